The fourth-order valence-electron chi connectivity index (χ4n) is 3.54. The summed E-state index contributed by atoms with van der Waals surface area (Å²) in [7, 11) is 0. The van der Waals surface area contributed by atoms with Gasteiger partial charge in [-0.1, -0.05) is 118 Å². The van der Waals surface area contributed by atoms with Gasteiger partial charge in [0.1, 0.15) is 0 Å². The van der Waals surface area contributed by atoms with Crippen molar-refractivity contribution in [2.24, 2.45) is 0 Å². The number of halogens is 2. The molecule has 0 saturated carbocycles. The van der Waals surface area contributed by atoms with Crippen LogP contribution in [0, 0.1) is 0 Å². The smallest absolute Gasteiger partial charge is 0.0466 e. The third kappa shape index (κ3) is 12.6. The van der Waals surface area contributed by atoms with E-state index in [1.54, 1.807) is 0 Å². The predicted octanol–water partition coefficient (Wildman–Crippen LogP) is 8.14. The Morgan fingerprint density at radius 1 is 0.552 bits per heavy atom. The number of alkyl halides is 2. The van der Waals surface area contributed by atoms with Gasteiger partial charge in [0.05, 0.1) is 0 Å². The van der Waals surface area contributed by atoms with Crippen LogP contribution in [0.2, 0.25) is 0 Å². The highest BCUT2D eigenvalue weighted by atomic mass is 79.9. The monoisotopic (exact) mass is 522 g/mol. The van der Waals surface area contributed by atoms with Crippen molar-refractivity contribution in [1.29, 1.82) is 0 Å². The molecular formula is C26H36Br2O. The van der Waals surface area contributed by atoms with Crippen LogP contribution >= 0.6 is 31.9 Å². The lowest BCUT2D eigenvalue weighted by atomic mass is 10.1. The lowest BCUT2D eigenvalue weighted by Crippen LogP contribution is -2.04. The Balaban J connectivity index is 1.34. The van der Waals surface area contributed by atoms with E-state index in [1.165, 1.54) is 62.5 Å². The maximum atomic E-state index is 5.82. The van der Waals surface area contributed by atoms with Crippen LogP contribution < -0.4 is 0 Å². The average Bonchev–Trinajstić information content (AvgIpc) is 2.73. The van der Waals surface area contributed by atoms with Gasteiger partial charge >= 0.3 is 0 Å². The molecule has 3 heteroatoms. The van der Waals surface area contributed by atoms with E-state index in [1.807, 2.05) is 0 Å². The Hall–Kier alpha value is -0.640. The SMILES string of the molecule is Br[C@@H](CCCCCOCCCCC[C@H](Br)Cc1ccccc1)Cc1ccccc1. The molecule has 29 heavy (non-hydrogen) atoms. The van der Waals surface area contributed by atoms with E-state index in [0.717, 1.165) is 26.1 Å². The fraction of sp³-hybridized carbons (Fsp3) is 0.538. The van der Waals surface area contributed by atoms with E-state index < -0.39 is 0 Å². The standard InChI is InChI=1S/C26H36Br2O/c27-25(21-23-13-5-1-6-14-23)17-9-3-11-19-29-20-12-4-10-18-26(28)22-24-15-7-2-8-16-24/h1-2,5-8,13-16,25-26H,3-4,9-12,17-22H2/t25-,26-/m0/s1. The summed E-state index contributed by atoms with van der Waals surface area (Å²) in [6.07, 6.45) is 12.2. The van der Waals surface area contributed by atoms with Crippen LogP contribution in [-0.4, -0.2) is 22.9 Å². The molecule has 0 fully saturated rings. The highest BCUT2D eigenvalue weighted by Gasteiger charge is 2.06. The second-order valence-electron chi connectivity index (χ2n) is 7.89. The number of unbranched alkanes of at least 4 members (excludes halogenated alkanes) is 4. The summed E-state index contributed by atoms with van der Waals surface area (Å²) < 4.78 is 5.82. The number of benzene rings is 2. The highest BCUT2D eigenvalue weighted by Crippen LogP contribution is 2.18. The molecule has 0 aliphatic carbocycles. The lowest BCUT2D eigenvalue weighted by molar-refractivity contribution is 0.125. The summed E-state index contributed by atoms with van der Waals surface area (Å²) in [5, 5.41) is 0. The zero-order valence-corrected chi connectivity index (χ0v) is 20.7. The minimum atomic E-state index is 0.589. The Bertz CT molecular complexity index is 562. The molecule has 0 N–H and O–H groups in total. The molecule has 0 heterocycles. The molecule has 0 bridgehead atoms. The Kier molecular flexibility index (Phi) is 13.7. The first-order valence-electron chi connectivity index (χ1n) is 11.2. The topological polar surface area (TPSA) is 9.23 Å². The van der Waals surface area contributed by atoms with Gasteiger partial charge < -0.3 is 4.74 Å². The molecule has 2 rings (SSSR count). The van der Waals surface area contributed by atoms with Crippen LogP contribution in [0.3, 0.4) is 0 Å². The normalized spacial score (nSPS) is 13.3. The van der Waals surface area contributed by atoms with Crippen molar-refractivity contribution in [3.05, 3.63) is 71.8 Å². The Morgan fingerprint density at radius 2 is 0.966 bits per heavy atom. The van der Waals surface area contributed by atoms with E-state index in [-0.39, 0.29) is 0 Å². The summed E-state index contributed by atoms with van der Waals surface area (Å²) >= 11 is 7.65. The van der Waals surface area contributed by atoms with Gasteiger partial charge in [0.25, 0.3) is 0 Å². The molecule has 0 aliphatic rings. The van der Waals surface area contributed by atoms with E-state index in [2.05, 4.69) is 92.5 Å². The summed E-state index contributed by atoms with van der Waals surface area (Å²) in [6, 6.07) is 21.5. The van der Waals surface area contributed by atoms with Crippen LogP contribution in [0.25, 0.3) is 0 Å². The molecule has 0 amide bonds. The molecule has 0 spiro atoms. The van der Waals surface area contributed by atoms with Gasteiger partial charge in [0.2, 0.25) is 0 Å². The highest BCUT2D eigenvalue weighted by molar-refractivity contribution is 9.09. The van der Waals surface area contributed by atoms with Crippen molar-refractivity contribution >= 4 is 31.9 Å². The van der Waals surface area contributed by atoms with Crippen molar-refractivity contribution in [1.82, 2.24) is 0 Å². The molecule has 160 valence electrons. The maximum absolute atomic E-state index is 5.82. The van der Waals surface area contributed by atoms with Crippen LogP contribution in [0.4, 0.5) is 0 Å². The van der Waals surface area contributed by atoms with E-state index >= 15 is 0 Å². The largest absolute Gasteiger partial charge is 0.381 e. The Labute approximate surface area is 194 Å². The van der Waals surface area contributed by atoms with Crippen LogP contribution in [0.5, 0.6) is 0 Å². The first-order chi connectivity index (χ1) is 14.2. The van der Waals surface area contributed by atoms with Crippen LogP contribution in [-0.2, 0) is 17.6 Å². The molecule has 0 saturated heterocycles. The van der Waals surface area contributed by atoms with Gasteiger partial charge in [-0.3, -0.25) is 0 Å². The molecule has 0 unspecified atom stereocenters. The fourth-order valence-corrected chi connectivity index (χ4v) is 4.93. The van der Waals surface area contributed by atoms with Gasteiger partial charge in [-0.05, 0) is 49.7 Å². The van der Waals surface area contributed by atoms with Gasteiger partial charge in [0, 0.05) is 22.9 Å². The minimum absolute atomic E-state index is 0.589. The number of hydrogen-bond donors (Lipinski definition) is 0. The number of hydrogen-bond acceptors (Lipinski definition) is 1. The van der Waals surface area contributed by atoms with Gasteiger partial charge in [-0.2, -0.15) is 0 Å². The van der Waals surface area contributed by atoms with Crippen molar-refractivity contribution < 1.29 is 4.74 Å². The average molecular weight is 524 g/mol. The summed E-state index contributed by atoms with van der Waals surface area (Å²) in [6.45, 7) is 1.83. The number of ether oxygens (including phenoxy) is 1. The van der Waals surface area contributed by atoms with E-state index in [0.29, 0.717) is 9.65 Å². The van der Waals surface area contributed by atoms with Gasteiger partial charge in [0.15, 0.2) is 0 Å². The van der Waals surface area contributed by atoms with Crippen LogP contribution in [0.1, 0.15) is 62.5 Å². The van der Waals surface area contributed by atoms with Crippen molar-refractivity contribution in [2.45, 2.75) is 73.9 Å². The molecule has 0 aliphatic heterocycles. The molecule has 0 aromatic heterocycles. The zero-order valence-electron chi connectivity index (χ0n) is 17.6. The second kappa shape index (κ2) is 16.1. The molecule has 1 nitrogen and oxygen atoms in total. The van der Waals surface area contributed by atoms with Crippen LogP contribution in [0.15, 0.2) is 60.7 Å². The summed E-state index contributed by atoms with van der Waals surface area (Å²) in [5.41, 5.74) is 2.84. The lowest BCUT2D eigenvalue weighted by Gasteiger charge is -2.10. The molecule has 2 aromatic rings. The quantitative estimate of drug-likeness (QED) is 0.159. The predicted molar refractivity (Wildman–Crippen MR) is 133 cm³/mol. The van der Waals surface area contributed by atoms with Gasteiger partial charge in [-0.15, -0.1) is 0 Å². The van der Waals surface area contributed by atoms with Crippen molar-refractivity contribution in [3.8, 4) is 0 Å². The molecule has 2 atom stereocenters. The van der Waals surface area contributed by atoms with E-state index in [9.17, 15) is 0 Å². The summed E-state index contributed by atoms with van der Waals surface area (Å²) in [4.78, 5) is 1.18. The maximum Gasteiger partial charge on any atom is 0.0466 e. The van der Waals surface area contributed by atoms with Crippen molar-refractivity contribution in [3.63, 3.8) is 0 Å². The molecule has 2 aromatic carbocycles. The first-order valence-corrected chi connectivity index (χ1v) is 13.0. The molecule has 0 radical (unpaired) electrons. The minimum Gasteiger partial charge on any atom is -0.381 e. The number of rotatable bonds is 16. The third-order valence-corrected chi connectivity index (χ3v) is 6.78. The third-order valence-electron chi connectivity index (χ3n) is 5.21. The van der Waals surface area contributed by atoms with Crippen molar-refractivity contribution in [2.75, 3.05) is 13.2 Å². The summed E-state index contributed by atoms with van der Waals surface area (Å²) in [5.74, 6) is 0. The second-order valence-corrected chi connectivity index (χ2v) is 10.5. The zero-order chi connectivity index (χ0) is 20.6. The Morgan fingerprint density at radius 3 is 1.38 bits per heavy atom. The molecular weight excluding hydrogens is 488 g/mol. The van der Waals surface area contributed by atoms with Gasteiger partial charge in [-0.25, -0.2) is 0 Å². The first kappa shape index (κ1) is 24.6. The van der Waals surface area contributed by atoms with E-state index in [4.69, 9.17) is 4.74 Å².